The van der Waals surface area contributed by atoms with Gasteiger partial charge in [-0.15, -0.1) is 11.3 Å². The van der Waals surface area contributed by atoms with E-state index in [2.05, 4.69) is 47.0 Å². The summed E-state index contributed by atoms with van der Waals surface area (Å²) >= 11 is 1.77. The number of anilines is 1. The first-order valence-electron chi connectivity index (χ1n) is 10.2. The number of hydrogen-bond acceptors (Lipinski definition) is 4. The number of nitrogens with zero attached hydrogens (tertiary/aromatic N) is 2. The van der Waals surface area contributed by atoms with Crippen LogP contribution in [0.15, 0.2) is 40.7 Å². The summed E-state index contributed by atoms with van der Waals surface area (Å²) < 4.78 is 20.0. The zero-order valence-electron chi connectivity index (χ0n) is 17.5. The molecule has 0 unspecified atom stereocenters. The SMILES string of the molecule is CCNC(=NCc1ccc(N2CCOCC2)c(F)c1)NCC(C)(C)c1cccs1. The molecule has 2 heterocycles. The Morgan fingerprint density at radius 2 is 2.03 bits per heavy atom. The molecule has 0 atom stereocenters. The molecule has 0 aliphatic carbocycles. The lowest BCUT2D eigenvalue weighted by Crippen LogP contribution is -2.43. The van der Waals surface area contributed by atoms with E-state index in [9.17, 15) is 4.39 Å². The van der Waals surface area contributed by atoms with Gasteiger partial charge in [-0.25, -0.2) is 9.38 Å². The molecule has 2 N–H and O–H groups in total. The summed E-state index contributed by atoms with van der Waals surface area (Å²) in [4.78, 5) is 8.02. The lowest BCUT2D eigenvalue weighted by molar-refractivity contribution is 0.122. The molecule has 0 amide bonds. The van der Waals surface area contributed by atoms with Crippen LogP contribution >= 0.6 is 11.3 Å². The van der Waals surface area contributed by atoms with Gasteiger partial charge < -0.3 is 20.3 Å². The molecule has 3 rings (SSSR count). The molecule has 1 aromatic carbocycles. The largest absolute Gasteiger partial charge is 0.378 e. The number of nitrogens with one attached hydrogen (secondary N) is 2. The van der Waals surface area contributed by atoms with E-state index in [0.717, 1.165) is 37.7 Å². The maximum absolute atomic E-state index is 14.6. The molecule has 1 aliphatic heterocycles. The topological polar surface area (TPSA) is 48.9 Å². The predicted octanol–water partition coefficient (Wildman–Crippen LogP) is 3.76. The first-order chi connectivity index (χ1) is 14.0. The summed E-state index contributed by atoms with van der Waals surface area (Å²) in [5.41, 5.74) is 1.51. The average molecular weight is 419 g/mol. The van der Waals surface area contributed by atoms with Gasteiger partial charge in [0.15, 0.2) is 5.96 Å². The van der Waals surface area contributed by atoms with Crippen LogP contribution in [0.25, 0.3) is 0 Å². The van der Waals surface area contributed by atoms with E-state index in [1.165, 1.54) is 4.88 Å². The molecule has 0 radical (unpaired) electrons. The minimum absolute atomic E-state index is 0.0102. The van der Waals surface area contributed by atoms with Gasteiger partial charge in [0.05, 0.1) is 25.4 Å². The van der Waals surface area contributed by atoms with E-state index >= 15 is 0 Å². The Morgan fingerprint density at radius 1 is 1.24 bits per heavy atom. The molecule has 1 aromatic heterocycles. The van der Waals surface area contributed by atoms with Gasteiger partial charge in [-0.1, -0.05) is 26.0 Å². The molecule has 1 saturated heterocycles. The van der Waals surface area contributed by atoms with Crippen molar-refractivity contribution in [3.05, 3.63) is 52.0 Å². The fraction of sp³-hybridized carbons (Fsp3) is 0.500. The van der Waals surface area contributed by atoms with Gasteiger partial charge in [-0.2, -0.15) is 0 Å². The molecule has 1 fully saturated rings. The van der Waals surface area contributed by atoms with Crippen molar-refractivity contribution in [2.24, 2.45) is 4.99 Å². The molecule has 1 aliphatic rings. The number of morpholine rings is 1. The van der Waals surface area contributed by atoms with Crippen LogP contribution in [-0.2, 0) is 16.7 Å². The lowest BCUT2D eigenvalue weighted by Gasteiger charge is -2.29. The fourth-order valence-corrected chi connectivity index (χ4v) is 4.13. The highest BCUT2D eigenvalue weighted by molar-refractivity contribution is 7.10. The highest BCUT2D eigenvalue weighted by atomic mass is 32.1. The van der Waals surface area contributed by atoms with Crippen LogP contribution in [0, 0.1) is 5.82 Å². The van der Waals surface area contributed by atoms with Crippen molar-refractivity contribution >= 4 is 23.0 Å². The van der Waals surface area contributed by atoms with Gasteiger partial charge in [0, 0.05) is 36.5 Å². The summed E-state index contributed by atoms with van der Waals surface area (Å²) in [5, 5.41) is 8.80. The van der Waals surface area contributed by atoms with E-state index in [1.807, 2.05) is 24.0 Å². The molecule has 0 saturated carbocycles. The average Bonchev–Trinajstić information content (AvgIpc) is 3.27. The summed E-state index contributed by atoms with van der Waals surface area (Å²) in [5.74, 6) is 0.547. The molecular weight excluding hydrogens is 387 g/mol. The van der Waals surface area contributed by atoms with Crippen molar-refractivity contribution in [2.45, 2.75) is 32.7 Å². The number of guanidine groups is 1. The Bertz CT molecular complexity index is 801. The maximum Gasteiger partial charge on any atom is 0.191 e. The van der Waals surface area contributed by atoms with Crippen molar-refractivity contribution in [3.63, 3.8) is 0 Å². The van der Waals surface area contributed by atoms with Gasteiger partial charge in [-0.05, 0) is 36.1 Å². The molecule has 0 spiro atoms. The first-order valence-corrected chi connectivity index (χ1v) is 11.0. The molecule has 2 aromatic rings. The van der Waals surface area contributed by atoms with Gasteiger partial charge >= 0.3 is 0 Å². The molecule has 5 nitrogen and oxygen atoms in total. The van der Waals surface area contributed by atoms with Crippen LogP contribution in [0.5, 0.6) is 0 Å². The Kier molecular flexibility index (Phi) is 7.50. The van der Waals surface area contributed by atoms with Crippen LogP contribution < -0.4 is 15.5 Å². The van der Waals surface area contributed by atoms with Crippen LogP contribution in [-0.4, -0.2) is 45.4 Å². The zero-order valence-corrected chi connectivity index (χ0v) is 18.3. The van der Waals surface area contributed by atoms with Crippen molar-refractivity contribution in [1.29, 1.82) is 0 Å². The molecular formula is C22H31FN4OS. The van der Waals surface area contributed by atoms with Gasteiger partial charge in [0.1, 0.15) is 5.82 Å². The number of thiophene rings is 1. The summed E-state index contributed by atoms with van der Waals surface area (Å²) in [6, 6.07) is 9.64. The van der Waals surface area contributed by atoms with Crippen LogP contribution in [0.3, 0.4) is 0 Å². The number of hydrogen-bond donors (Lipinski definition) is 2. The van der Waals surface area contributed by atoms with Gasteiger partial charge in [-0.3, -0.25) is 0 Å². The fourth-order valence-electron chi connectivity index (χ4n) is 3.28. The Balaban J connectivity index is 1.62. The Hall–Kier alpha value is -2.12. The monoisotopic (exact) mass is 418 g/mol. The number of benzene rings is 1. The highest BCUT2D eigenvalue weighted by Crippen LogP contribution is 2.26. The number of aliphatic imine (C=N–C) groups is 1. The minimum atomic E-state index is -0.198. The molecule has 0 bridgehead atoms. The smallest absolute Gasteiger partial charge is 0.191 e. The summed E-state index contributed by atoms with van der Waals surface area (Å²) in [6.07, 6.45) is 0. The number of rotatable bonds is 7. The quantitative estimate of drug-likeness (QED) is 0.531. The van der Waals surface area contributed by atoms with E-state index in [4.69, 9.17) is 4.74 Å². The Labute approximate surface area is 177 Å². The third-order valence-corrected chi connectivity index (χ3v) is 6.25. The van der Waals surface area contributed by atoms with E-state index in [1.54, 1.807) is 17.4 Å². The molecule has 158 valence electrons. The minimum Gasteiger partial charge on any atom is -0.378 e. The third kappa shape index (κ3) is 5.93. The van der Waals surface area contributed by atoms with Crippen molar-refractivity contribution in [2.75, 3.05) is 44.3 Å². The zero-order chi connectivity index (χ0) is 20.7. The lowest BCUT2D eigenvalue weighted by atomic mass is 9.91. The van der Waals surface area contributed by atoms with E-state index < -0.39 is 0 Å². The second-order valence-corrected chi connectivity index (χ2v) is 8.74. The predicted molar refractivity (Wildman–Crippen MR) is 120 cm³/mol. The standard InChI is InChI=1S/C22H31FN4OS/c1-4-24-21(26-16-22(2,3)20-6-5-13-29-20)25-15-17-7-8-19(18(23)14-17)27-9-11-28-12-10-27/h5-8,13-14H,4,9-12,15-16H2,1-3H3,(H2,24,25,26). The van der Waals surface area contributed by atoms with Crippen LogP contribution in [0.4, 0.5) is 10.1 Å². The summed E-state index contributed by atoms with van der Waals surface area (Å²) in [6.45, 7) is 11.2. The van der Waals surface area contributed by atoms with Crippen LogP contribution in [0.2, 0.25) is 0 Å². The van der Waals surface area contributed by atoms with Crippen molar-refractivity contribution in [3.8, 4) is 0 Å². The van der Waals surface area contributed by atoms with Crippen molar-refractivity contribution < 1.29 is 9.13 Å². The van der Waals surface area contributed by atoms with Gasteiger partial charge in [0.25, 0.3) is 0 Å². The van der Waals surface area contributed by atoms with Gasteiger partial charge in [0.2, 0.25) is 0 Å². The number of halogens is 1. The third-order valence-electron chi connectivity index (χ3n) is 5.01. The van der Waals surface area contributed by atoms with E-state index in [0.29, 0.717) is 25.4 Å². The normalized spacial score (nSPS) is 15.4. The molecule has 7 heteroatoms. The second kappa shape index (κ2) is 10.1. The first kappa shape index (κ1) is 21.6. The molecule has 29 heavy (non-hydrogen) atoms. The van der Waals surface area contributed by atoms with E-state index in [-0.39, 0.29) is 11.2 Å². The summed E-state index contributed by atoms with van der Waals surface area (Å²) in [7, 11) is 0. The maximum atomic E-state index is 14.6. The highest BCUT2D eigenvalue weighted by Gasteiger charge is 2.22. The number of ether oxygens (including phenoxy) is 1. The Morgan fingerprint density at radius 3 is 2.69 bits per heavy atom. The van der Waals surface area contributed by atoms with Crippen molar-refractivity contribution in [1.82, 2.24) is 10.6 Å². The van der Waals surface area contributed by atoms with Crippen LogP contribution in [0.1, 0.15) is 31.2 Å². The second-order valence-electron chi connectivity index (χ2n) is 7.80.